The zero-order chi connectivity index (χ0) is 29.6. The summed E-state index contributed by atoms with van der Waals surface area (Å²) >= 11 is 0. The molecule has 0 unspecified atom stereocenters. The number of phenols is 1. The predicted molar refractivity (Wildman–Crippen MR) is 146 cm³/mol. The number of ether oxygens (including phenoxy) is 2. The molecule has 41 heavy (non-hydrogen) atoms. The molecular weight excluding hydrogens is 536 g/mol. The molecular formula is C30H27F2N3O6. The molecule has 5 aromatic rings. The highest BCUT2D eigenvalue weighted by atomic mass is 19.1. The van der Waals surface area contributed by atoms with Gasteiger partial charge in [0.05, 0.1) is 25.1 Å². The van der Waals surface area contributed by atoms with E-state index in [1.54, 1.807) is 23.6 Å². The van der Waals surface area contributed by atoms with Crippen LogP contribution in [0.15, 0.2) is 53.1 Å². The lowest BCUT2D eigenvalue weighted by molar-refractivity contribution is 0.0693. The minimum Gasteiger partial charge on any atom is -0.507 e. The zero-order valence-electron chi connectivity index (χ0n) is 23.0. The van der Waals surface area contributed by atoms with Gasteiger partial charge in [0.25, 0.3) is 0 Å². The summed E-state index contributed by atoms with van der Waals surface area (Å²) in [6.07, 6.45) is 0.263. The number of hydrogen-bond acceptors (Lipinski definition) is 7. The fourth-order valence-electron chi connectivity index (χ4n) is 5.25. The summed E-state index contributed by atoms with van der Waals surface area (Å²) < 4.78 is 46.9. The van der Waals surface area contributed by atoms with Crippen molar-refractivity contribution in [2.75, 3.05) is 14.2 Å². The monoisotopic (exact) mass is 563 g/mol. The Labute approximate surface area is 233 Å². The maximum Gasteiger partial charge on any atom is 0.339 e. The fraction of sp³-hybridized carbons (Fsp3) is 0.233. The van der Waals surface area contributed by atoms with Crippen LogP contribution in [0.2, 0.25) is 0 Å². The third kappa shape index (κ3) is 4.83. The van der Waals surface area contributed by atoms with Crippen LogP contribution in [-0.4, -0.2) is 45.1 Å². The molecule has 2 heterocycles. The molecule has 0 spiro atoms. The van der Waals surface area contributed by atoms with E-state index in [-0.39, 0.29) is 29.2 Å². The highest BCUT2D eigenvalue weighted by molar-refractivity contribution is 6.04. The number of aromatic carboxylic acids is 1. The SMILES string of the molecule is COc1cc(-n2c(C(C)(C)Cc3noc(C)n3)c(-c3ccc(C(=O)O)c(OC)c3)c3c(O)cc(F)cc32)ccc1F. The number of benzene rings is 3. The maximum absolute atomic E-state index is 14.9. The minimum atomic E-state index is -1.17. The lowest BCUT2D eigenvalue weighted by Gasteiger charge is -2.28. The van der Waals surface area contributed by atoms with Gasteiger partial charge in [-0.25, -0.2) is 13.6 Å². The van der Waals surface area contributed by atoms with Gasteiger partial charge in [0.1, 0.15) is 22.9 Å². The van der Waals surface area contributed by atoms with E-state index < -0.39 is 23.0 Å². The van der Waals surface area contributed by atoms with Gasteiger partial charge in [0.2, 0.25) is 5.89 Å². The first-order chi connectivity index (χ1) is 19.4. The Kier molecular flexibility index (Phi) is 6.90. The van der Waals surface area contributed by atoms with Crippen molar-refractivity contribution in [3.05, 3.63) is 83.1 Å². The number of methoxy groups -OCH3 is 2. The molecule has 3 aromatic carbocycles. The highest BCUT2D eigenvalue weighted by Gasteiger charge is 2.35. The van der Waals surface area contributed by atoms with Crippen LogP contribution in [0, 0.1) is 18.6 Å². The van der Waals surface area contributed by atoms with Gasteiger partial charge in [0.15, 0.2) is 17.4 Å². The second-order valence-corrected chi connectivity index (χ2v) is 10.2. The van der Waals surface area contributed by atoms with Crippen molar-refractivity contribution in [2.45, 2.75) is 32.6 Å². The molecule has 0 saturated heterocycles. The first-order valence-electron chi connectivity index (χ1n) is 12.6. The van der Waals surface area contributed by atoms with Crippen molar-refractivity contribution >= 4 is 16.9 Å². The van der Waals surface area contributed by atoms with Crippen LogP contribution in [0.4, 0.5) is 8.78 Å². The Balaban J connectivity index is 1.94. The molecule has 0 saturated carbocycles. The van der Waals surface area contributed by atoms with Crippen molar-refractivity contribution < 1.29 is 37.8 Å². The van der Waals surface area contributed by atoms with Crippen LogP contribution in [0.1, 0.15) is 41.6 Å². The van der Waals surface area contributed by atoms with Gasteiger partial charge in [-0.05, 0) is 35.9 Å². The van der Waals surface area contributed by atoms with Gasteiger partial charge in [0, 0.05) is 47.8 Å². The van der Waals surface area contributed by atoms with Crippen LogP contribution >= 0.6 is 0 Å². The lowest BCUT2D eigenvalue weighted by Crippen LogP contribution is -2.25. The molecule has 2 aromatic heterocycles. The van der Waals surface area contributed by atoms with Crippen molar-refractivity contribution in [3.8, 4) is 34.1 Å². The summed E-state index contributed by atoms with van der Waals surface area (Å²) in [6.45, 7) is 5.52. The number of carboxylic acid groups (broad SMARTS) is 1. The number of aromatic nitrogens is 3. The number of carbonyl (C=O) groups is 1. The van der Waals surface area contributed by atoms with Crippen molar-refractivity contribution in [1.82, 2.24) is 14.7 Å². The number of fused-ring (bicyclic) bond motifs is 1. The standard InChI is InChI=1S/C30H27F2N3O6/c1-15-33-25(34-41-15)14-30(2,3)28-26(16-6-8-19(29(37)38)23(10-16)39-4)27-21(11-17(31)12-22(27)36)35(28)18-7-9-20(32)24(13-18)40-5/h6-13,36H,14H2,1-5H3,(H,37,38). The quantitative estimate of drug-likeness (QED) is 0.229. The minimum absolute atomic E-state index is 0.0310. The topological polar surface area (TPSA) is 120 Å². The van der Waals surface area contributed by atoms with Crippen molar-refractivity contribution in [1.29, 1.82) is 0 Å². The number of hydrogen-bond donors (Lipinski definition) is 2. The summed E-state index contributed by atoms with van der Waals surface area (Å²) in [5, 5.41) is 25.1. The highest BCUT2D eigenvalue weighted by Crippen LogP contribution is 2.48. The number of rotatable bonds is 8. The molecule has 2 N–H and O–H groups in total. The molecule has 0 bridgehead atoms. The number of aryl methyl sites for hydroxylation is 1. The lowest BCUT2D eigenvalue weighted by atomic mass is 9.81. The van der Waals surface area contributed by atoms with E-state index in [4.69, 9.17) is 14.0 Å². The Morgan fingerprint density at radius 2 is 1.78 bits per heavy atom. The summed E-state index contributed by atoms with van der Waals surface area (Å²) in [6, 6.07) is 11.1. The van der Waals surface area contributed by atoms with Crippen molar-refractivity contribution in [2.24, 2.45) is 0 Å². The molecule has 0 aliphatic carbocycles. The van der Waals surface area contributed by atoms with Crippen LogP contribution in [0.25, 0.3) is 27.7 Å². The molecule has 212 valence electrons. The third-order valence-electron chi connectivity index (χ3n) is 6.94. The number of phenolic OH excluding ortho intramolecular Hbond substituents is 1. The molecule has 0 amide bonds. The summed E-state index contributed by atoms with van der Waals surface area (Å²) in [7, 11) is 2.70. The van der Waals surface area contributed by atoms with Gasteiger partial charge < -0.3 is 28.8 Å². The van der Waals surface area contributed by atoms with Gasteiger partial charge in [-0.1, -0.05) is 25.1 Å². The first kappa shape index (κ1) is 27.6. The molecule has 9 nitrogen and oxygen atoms in total. The van der Waals surface area contributed by atoms with Gasteiger partial charge in [-0.2, -0.15) is 4.98 Å². The molecule has 0 aliphatic rings. The number of carboxylic acids is 1. The van der Waals surface area contributed by atoms with E-state index in [2.05, 4.69) is 10.1 Å². The Hall–Kier alpha value is -4.93. The number of halogens is 2. The van der Waals surface area contributed by atoms with Crippen LogP contribution in [-0.2, 0) is 11.8 Å². The largest absolute Gasteiger partial charge is 0.507 e. The van der Waals surface area contributed by atoms with E-state index in [1.165, 1.54) is 44.6 Å². The van der Waals surface area contributed by atoms with Gasteiger partial charge >= 0.3 is 5.97 Å². The Morgan fingerprint density at radius 1 is 1.05 bits per heavy atom. The van der Waals surface area contributed by atoms with Crippen molar-refractivity contribution in [3.63, 3.8) is 0 Å². The maximum atomic E-state index is 14.9. The number of nitrogens with zero attached hydrogens (tertiary/aromatic N) is 3. The van der Waals surface area contributed by atoms with Crippen LogP contribution in [0.3, 0.4) is 0 Å². The zero-order valence-corrected chi connectivity index (χ0v) is 23.0. The average Bonchev–Trinajstić information content (AvgIpc) is 3.49. The first-order valence-corrected chi connectivity index (χ1v) is 12.6. The summed E-state index contributed by atoms with van der Waals surface area (Å²) in [5.74, 6) is -1.92. The van der Waals surface area contributed by atoms with E-state index in [9.17, 15) is 23.8 Å². The Bertz CT molecular complexity index is 1810. The molecule has 0 fully saturated rings. The van der Waals surface area contributed by atoms with E-state index in [0.29, 0.717) is 45.1 Å². The smallest absolute Gasteiger partial charge is 0.339 e. The third-order valence-corrected chi connectivity index (χ3v) is 6.94. The fourth-order valence-corrected chi connectivity index (χ4v) is 5.25. The predicted octanol–water partition coefficient (Wildman–Crippen LogP) is 6.21. The van der Waals surface area contributed by atoms with E-state index >= 15 is 0 Å². The number of aromatic hydroxyl groups is 1. The van der Waals surface area contributed by atoms with Crippen LogP contribution in [0.5, 0.6) is 17.2 Å². The van der Waals surface area contributed by atoms with E-state index in [1.807, 2.05) is 13.8 Å². The normalized spacial score (nSPS) is 11.7. The molecule has 0 radical (unpaired) electrons. The summed E-state index contributed by atoms with van der Waals surface area (Å²) in [5.41, 5.74) is 1.41. The van der Waals surface area contributed by atoms with Gasteiger partial charge in [-0.15, -0.1) is 0 Å². The van der Waals surface area contributed by atoms with Crippen LogP contribution < -0.4 is 9.47 Å². The summed E-state index contributed by atoms with van der Waals surface area (Å²) in [4.78, 5) is 16.2. The second-order valence-electron chi connectivity index (χ2n) is 10.2. The van der Waals surface area contributed by atoms with Gasteiger partial charge in [-0.3, -0.25) is 0 Å². The molecule has 0 aliphatic heterocycles. The van der Waals surface area contributed by atoms with E-state index in [0.717, 1.165) is 6.07 Å². The Morgan fingerprint density at radius 3 is 2.41 bits per heavy atom. The molecule has 11 heteroatoms. The second kappa shape index (κ2) is 10.2. The average molecular weight is 564 g/mol. The molecule has 0 atom stereocenters. The molecule has 5 rings (SSSR count).